The molecule has 0 saturated carbocycles. The molecule has 0 aliphatic carbocycles. The molecule has 0 spiro atoms. The lowest BCUT2D eigenvalue weighted by Gasteiger charge is -2.38. The third-order valence-electron chi connectivity index (χ3n) is 7.31. The monoisotopic (exact) mass is 541 g/mol. The predicted octanol–water partition coefficient (Wildman–Crippen LogP) is 2.43. The van der Waals surface area contributed by atoms with Gasteiger partial charge in [0.15, 0.2) is 0 Å². The summed E-state index contributed by atoms with van der Waals surface area (Å²) in [6.45, 7) is 4.37. The normalized spacial score (nSPS) is 23.4. The summed E-state index contributed by atoms with van der Waals surface area (Å²) < 4.78 is 52.2. The fraction of sp³-hybridized carbons (Fsp3) is 0.615. The van der Waals surface area contributed by atoms with Gasteiger partial charge in [0.2, 0.25) is 17.7 Å². The summed E-state index contributed by atoms with van der Waals surface area (Å²) in [6, 6.07) is 4.65. The summed E-state index contributed by atoms with van der Waals surface area (Å²) in [4.78, 5) is 53.8. The number of halogens is 3. The number of fused-ring (bicyclic) bond motifs is 2. The van der Waals surface area contributed by atoms with E-state index in [2.05, 4.69) is 10.6 Å². The Hall–Kier alpha value is -3.15. The minimum absolute atomic E-state index is 0.108. The van der Waals surface area contributed by atoms with Crippen molar-refractivity contribution in [2.75, 3.05) is 20.8 Å². The second-order valence-corrected chi connectivity index (χ2v) is 10.7. The number of benzene rings is 1. The van der Waals surface area contributed by atoms with E-state index < -0.39 is 58.7 Å². The molecule has 0 aromatic heterocycles. The number of hydrogen-bond acceptors (Lipinski definition) is 6. The van der Waals surface area contributed by atoms with E-state index in [1.165, 1.54) is 25.2 Å². The fourth-order valence-corrected chi connectivity index (χ4v) is 5.28. The van der Waals surface area contributed by atoms with Crippen molar-refractivity contribution in [3.05, 3.63) is 35.9 Å². The number of esters is 1. The van der Waals surface area contributed by atoms with Crippen molar-refractivity contribution in [2.24, 2.45) is 5.41 Å². The van der Waals surface area contributed by atoms with Crippen LogP contribution in [-0.4, -0.2) is 73.2 Å². The van der Waals surface area contributed by atoms with Crippen molar-refractivity contribution in [1.29, 1.82) is 0 Å². The molecular weight excluding hydrogens is 507 g/mol. The van der Waals surface area contributed by atoms with E-state index in [4.69, 9.17) is 9.47 Å². The highest BCUT2D eigenvalue weighted by atomic mass is 19.4. The summed E-state index contributed by atoms with van der Waals surface area (Å²) in [5.74, 6) is -3.38. The molecule has 3 rings (SSSR count). The lowest BCUT2D eigenvalue weighted by Crippen LogP contribution is -2.61. The first-order chi connectivity index (χ1) is 17.7. The van der Waals surface area contributed by atoms with Gasteiger partial charge in [-0.05, 0) is 25.7 Å². The average Bonchev–Trinajstić information content (AvgIpc) is 3.42. The molecule has 1 aromatic carbocycles. The summed E-state index contributed by atoms with van der Waals surface area (Å²) >= 11 is 0. The Balaban J connectivity index is 1.84. The Morgan fingerprint density at radius 2 is 1.66 bits per heavy atom. The van der Waals surface area contributed by atoms with Gasteiger partial charge in [0, 0.05) is 31.2 Å². The Kier molecular flexibility index (Phi) is 8.16. The van der Waals surface area contributed by atoms with Gasteiger partial charge >= 0.3 is 12.1 Å². The van der Waals surface area contributed by atoms with Gasteiger partial charge in [-0.3, -0.25) is 14.4 Å². The molecule has 38 heavy (non-hydrogen) atoms. The molecule has 0 unspecified atom stereocenters. The van der Waals surface area contributed by atoms with Crippen LogP contribution in [0.25, 0.3) is 0 Å². The number of nitrogens with one attached hydrogen (secondary N) is 2. The number of amides is 3. The molecule has 2 heterocycles. The Morgan fingerprint density at radius 1 is 1.08 bits per heavy atom. The summed E-state index contributed by atoms with van der Waals surface area (Å²) in [7, 11) is 2.01. The van der Waals surface area contributed by atoms with Gasteiger partial charge in [-0.15, -0.1) is 0 Å². The minimum atomic E-state index is -5.19. The van der Waals surface area contributed by atoms with E-state index in [0.29, 0.717) is 25.7 Å². The molecule has 3 amide bonds. The number of hydrogen-bond donors (Lipinski definition) is 2. The summed E-state index contributed by atoms with van der Waals surface area (Å²) in [6.07, 6.45) is -3.18. The quantitative estimate of drug-likeness (QED) is 0.489. The van der Waals surface area contributed by atoms with E-state index in [0.717, 1.165) is 19.2 Å². The second kappa shape index (κ2) is 10.5. The van der Waals surface area contributed by atoms with Crippen molar-refractivity contribution in [3.63, 3.8) is 0 Å². The smallest absolute Gasteiger partial charge is 0.432 e. The molecule has 9 nitrogen and oxygen atoms in total. The second-order valence-electron chi connectivity index (χ2n) is 10.7. The SMILES string of the molecule is CNC(=O)[C@H](COC(=O)[C@@](OC)(c1ccccc1)C(F)(F)F)NC(=O)C12CCC(CC1)N2C(=O)C(C)(C)C. The molecule has 2 aliphatic rings. The maximum Gasteiger partial charge on any atom is 0.432 e. The maximum atomic E-state index is 14.2. The zero-order valence-corrected chi connectivity index (χ0v) is 22.1. The van der Waals surface area contributed by atoms with E-state index in [1.807, 2.05) is 0 Å². The number of methoxy groups -OCH3 is 1. The van der Waals surface area contributed by atoms with Gasteiger partial charge in [0.05, 0.1) is 0 Å². The molecule has 1 aromatic rings. The number of carbonyl (C=O) groups is 4. The third kappa shape index (κ3) is 4.97. The maximum absolute atomic E-state index is 14.2. The molecule has 2 atom stereocenters. The van der Waals surface area contributed by atoms with Crippen LogP contribution in [0.3, 0.4) is 0 Å². The van der Waals surface area contributed by atoms with Crippen LogP contribution in [0.2, 0.25) is 0 Å². The fourth-order valence-electron chi connectivity index (χ4n) is 5.28. The van der Waals surface area contributed by atoms with Crippen molar-refractivity contribution in [1.82, 2.24) is 15.5 Å². The van der Waals surface area contributed by atoms with E-state index >= 15 is 0 Å². The number of rotatable bonds is 8. The average molecular weight is 542 g/mol. The zero-order valence-electron chi connectivity index (χ0n) is 22.1. The molecule has 2 saturated heterocycles. The van der Waals surface area contributed by atoms with Gasteiger partial charge < -0.3 is 25.0 Å². The van der Waals surface area contributed by atoms with Gasteiger partial charge in [-0.25, -0.2) is 4.79 Å². The van der Waals surface area contributed by atoms with Gasteiger partial charge in [-0.1, -0.05) is 51.1 Å². The third-order valence-corrected chi connectivity index (χ3v) is 7.31. The zero-order chi connectivity index (χ0) is 28.5. The highest BCUT2D eigenvalue weighted by molar-refractivity contribution is 5.97. The van der Waals surface area contributed by atoms with Gasteiger partial charge in [-0.2, -0.15) is 13.2 Å². The van der Waals surface area contributed by atoms with Crippen molar-refractivity contribution in [3.8, 4) is 0 Å². The van der Waals surface area contributed by atoms with E-state index in [-0.39, 0.29) is 11.9 Å². The largest absolute Gasteiger partial charge is 0.460 e. The molecule has 12 heteroatoms. The van der Waals surface area contributed by atoms with Crippen molar-refractivity contribution >= 4 is 23.7 Å². The molecule has 210 valence electrons. The number of nitrogens with zero attached hydrogens (tertiary/aromatic N) is 1. The van der Waals surface area contributed by atoms with Crippen LogP contribution in [0, 0.1) is 5.41 Å². The first-order valence-electron chi connectivity index (χ1n) is 12.4. The van der Waals surface area contributed by atoms with Crippen LogP contribution in [-0.2, 0) is 34.3 Å². The molecule has 0 radical (unpaired) electrons. The lowest BCUT2D eigenvalue weighted by atomic mass is 9.85. The number of carbonyl (C=O) groups excluding carboxylic acids is 4. The highest BCUT2D eigenvalue weighted by Gasteiger charge is 2.64. The molecule has 2 N–H and O–H groups in total. The molecule has 2 fully saturated rings. The van der Waals surface area contributed by atoms with Crippen molar-refractivity contribution in [2.45, 2.75) is 75.9 Å². The first kappa shape index (κ1) is 29.4. The Bertz CT molecular complexity index is 1060. The molecular formula is C26H34F3N3O6. The topological polar surface area (TPSA) is 114 Å². The van der Waals surface area contributed by atoms with Crippen LogP contribution in [0.4, 0.5) is 13.2 Å². The van der Waals surface area contributed by atoms with E-state index in [1.54, 1.807) is 25.7 Å². The van der Waals surface area contributed by atoms with Crippen LogP contribution >= 0.6 is 0 Å². The van der Waals surface area contributed by atoms with Crippen LogP contribution in [0.1, 0.15) is 52.0 Å². The summed E-state index contributed by atoms with van der Waals surface area (Å²) in [5.41, 5.74) is -5.87. The highest BCUT2D eigenvalue weighted by Crippen LogP contribution is 2.48. The summed E-state index contributed by atoms with van der Waals surface area (Å²) in [5, 5.41) is 4.84. The van der Waals surface area contributed by atoms with Crippen LogP contribution in [0.15, 0.2) is 30.3 Å². The van der Waals surface area contributed by atoms with Crippen molar-refractivity contribution < 1.29 is 41.8 Å². The van der Waals surface area contributed by atoms with Crippen LogP contribution in [0.5, 0.6) is 0 Å². The Labute approximate surface area is 219 Å². The number of ether oxygens (including phenoxy) is 2. The Morgan fingerprint density at radius 3 is 2.13 bits per heavy atom. The van der Waals surface area contributed by atoms with Gasteiger partial charge in [0.25, 0.3) is 5.60 Å². The standard InChI is InChI=1S/C26H34F3N3O6/c1-23(2,3)21(35)32-17-11-13-24(32,14-12-17)20(34)31-18(19(33)30-4)15-38-22(36)25(37-5,26(27,28)29)16-9-7-6-8-10-16/h6-10,17-18H,11-15H2,1-5H3,(H,30,33)(H,31,34)/t17?,18-,24?,25-/m0/s1. The predicted molar refractivity (Wildman–Crippen MR) is 129 cm³/mol. The molecule has 2 bridgehead atoms. The minimum Gasteiger partial charge on any atom is -0.460 e. The number of alkyl halides is 3. The van der Waals surface area contributed by atoms with Crippen LogP contribution < -0.4 is 10.6 Å². The van der Waals surface area contributed by atoms with Gasteiger partial charge in [0.1, 0.15) is 18.2 Å². The number of likely N-dealkylation sites (N-methyl/N-ethyl adjacent to an activating group) is 1. The lowest BCUT2D eigenvalue weighted by molar-refractivity contribution is -0.276. The van der Waals surface area contributed by atoms with E-state index in [9.17, 15) is 32.3 Å². The molecule has 2 aliphatic heterocycles. The first-order valence-corrected chi connectivity index (χ1v) is 12.4.